The largest absolute Gasteiger partial charge is 0.481 e. The summed E-state index contributed by atoms with van der Waals surface area (Å²) < 4.78 is 5.91. The minimum atomic E-state index is -0.541. The minimum absolute atomic E-state index is 0.00217. The van der Waals surface area contributed by atoms with Gasteiger partial charge in [0.2, 0.25) is 5.91 Å². The van der Waals surface area contributed by atoms with Gasteiger partial charge in [-0.2, -0.15) is 0 Å². The van der Waals surface area contributed by atoms with Crippen LogP contribution in [0.3, 0.4) is 0 Å². The molecule has 0 saturated carbocycles. The third kappa shape index (κ3) is 5.44. The number of carbonyl (C=O) groups excluding carboxylic acids is 2. The third-order valence-electron chi connectivity index (χ3n) is 6.12. The minimum Gasteiger partial charge on any atom is -0.481 e. The Hall–Kier alpha value is -2.86. The van der Waals surface area contributed by atoms with Crippen LogP contribution >= 0.6 is 0 Å². The molecule has 164 valence electrons. The highest BCUT2D eigenvalue weighted by Crippen LogP contribution is 2.23. The monoisotopic (exact) mass is 421 g/mol. The number of nitrogens with zero attached hydrogens (tertiary/aromatic N) is 3. The first-order chi connectivity index (χ1) is 15.1. The van der Waals surface area contributed by atoms with Crippen LogP contribution < -0.4 is 4.74 Å². The smallest absolute Gasteiger partial charge is 0.263 e. The van der Waals surface area contributed by atoms with E-state index >= 15 is 0 Å². The lowest BCUT2D eigenvalue weighted by atomic mass is 10.1. The number of likely N-dealkylation sites (tertiary alicyclic amines) is 1. The molecular formula is C25H31N3O3. The number of ether oxygens (including phenoxy) is 1. The van der Waals surface area contributed by atoms with E-state index in [-0.39, 0.29) is 11.8 Å². The van der Waals surface area contributed by atoms with Gasteiger partial charge < -0.3 is 14.5 Å². The molecule has 2 aromatic carbocycles. The second-order valence-electron chi connectivity index (χ2n) is 8.34. The number of carbonyl (C=O) groups is 2. The molecule has 0 aliphatic carbocycles. The van der Waals surface area contributed by atoms with Gasteiger partial charge in [-0.15, -0.1) is 0 Å². The SMILES string of the molecule is C[C@@H](Oc1ccc(-c2ccccc2)cc1)C(=O)N1CCN(CC(=O)N2CCCC2)CC1. The first kappa shape index (κ1) is 21.4. The summed E-state index contributed by atoms with van der Waals surface area (Å²) in [5.74, 6) is 0.904. The van der Waals surface area contributed by atoms with E-state index in [4.69, 9.17) is 4.74 Å². The highest BCUT2D eigenvalue weighted by Gasteiger charge is 2.28. The fourth-order valence-electron chi connectivity index (χ4n) is 4.25. The van der Waals surface area contributed by atoms with Crippen LogP contribution in [0.1, 0.15) is 19.8 Å². The molecule has 0 spiro atoms. The fraction of sp³-hybridized carbons (Fsp3) is 0.440. The lowest BCUT2D eigenvalue weighted by Crippen LogP contribution is -2.53. The van der Waals surface area contributed by atoms with Crippen molar-refractivity contribution in [1.82, 2.24) is 14.7 Å². The van der Waals surface area contributed by atoms with Gasteiger partial charge in [0.05, 0.1) is 6.54 Å². The molecule has 6 heteroatoms. The predicted molar refractivity (Wildman–Crippen MR) is 121 cm³/mol. The van der Waals surface area contributed by atoms with Crippen LogP contribution in [0, 0.1) is 0 Å². The second kappa shape index (κ2) is 9.96. The summed E-state index contributed by atoms with van der Waals surface area (Å²) >= 11 is 0. The average Bonchev–Trinajstić information content (AvgIpc) is 3.35. The summed E-state index contributed by atoms with van der Waals surface area (Å²) in [6.45, 7) is 6.75. The highest BCUT2D eigenvalue weighted by molar-refractivity contribution is 5.81. The summed E-state index contributed by atoms with van der Waals surface area (Å²) in [6, 6.07) is 18.0. The van der Waals surface area contributed by atoms with Gasteiger partial charge in [0.15, 0.2) is 6.10 Å². The van der Waals surface area contributed by atoms with Crippen molar-refractivity contribution in [2.45, 2.75) is 25.9 Å². The van der Waals surface area contributed by atoms with Crippen LogP contribution in [0.15, 0.2) is 54.6 Å². The van der Waals surface area contributed by atoms with Crippen molar-refractivity contribution in [3.05, 3.63) is 54.6 Å². The summed E-state index contributed by atoms with van der Waals surface area (Å²) in [6.07, 6.45) is 1.68. The zero-order chi connectivity index (χ0) is 21.6. The number of piperazine rings is 1. The Balaban J connectivity index is 1.24. The molecule has 2 aromatic rings. The van der Waals surface area contributed by atoms with Crippen molar-refractivity contribution in [3.63, 3.8) is 0 Å². The summed E-state index contributed by atoms with van der Waals surface area (Å²) in [4.78, 5) is 31.1. The van der Waals surface area contributed by atoms with Crippen molar-refractivity contribution in [3.8, 4) is 16.9 Å². The lowest BCUT2D eigenvalue weighted by molar-refractivity contribution is -0.140. The number of rotatable bonds is 6. The van der Waals surface area contributed by atoms with Crippen molar-refractivity contribution in [1.29, 1.82) is 0 Å². The van der Waals surface area contributed by atoms with E-state index in [1.54, 1.807) is 6.92 Å². The van der Waals surface area contributed by atoms with Crippen LogP contribution in [0.4, 0.5) is 0 Å². The third-order valence-corrected chi connectivity index (χ3v) is 6.12. The number of benzene rings is 2. The quantitative estimate of drug-likeness (QED) is 0.720. The molecule has 2 saturated heterocycles. The van der Waals surface area contributed by atoms with Gasteiger partial charge in [-0.25, -0.2) is 0 Å². The van der Waals surface area contributed by atoms with E-state index in [1.165, 1.54) is 0 Å². The van der Waals surface area contributed by atoms with Crippen molar-refractivity contribution in [2.24, 2.45) is 0 Å². The first-order valence-corrected chi connectivity index (χ1v) is 11.2. The van der Waals surface area contributed by atoms with E-state index in [0.717, 1.165) is 50.1 Å². The number of hydrogen-bond acceptors (Lipinski definition) is 4. The normalized spacial score (nSPS) is 18.1. The van der Waals surface area contributed by atoms with E-state index < -0.39 is 6.10 Å². The molecule has 2 amide bonds. The van der Waals surface area contributed by atoms with E-state index in [1.807, 2.05) is 52.3 Å². The van der Waals surface area contributed by atoms with Gasteiger partial charge in [-0.05, 0) is 43.0 Å². The highest BCUT2D eigenvalue weighted by atomic mass is 16.5. The molecule has 2 aliphatic heterocycles. The molecule has 2 heterocycles. The maximum atomic E-state index is 12.8. The van der Waals surface area contributed by atoms with Crippen molar-refractivity contribution in [2.75, 3.05) is 45.8 Å². The zero-order valence-electron chi connectivity index (χ0n) is 18.2. The lowest BCUT2D eigenvalue weighted by Gasteiger charge is -2.36. The molecular weight excluding hydrogens is 390 g/mol. The van der Waals surface area contributed by atoms with Crippen molar-refractivity contribution >= 4 is 11.8 Å². The average molecular weight is 422 g/mol. The number of amides is 2. The van der Waals surface area contributed by atoms with Crippen LogP contribution in [0.5, 0.6) is 5.75 Å². The maximum Gasteiger partial charge on any atom is 0.263 e. The summed E-state index contributed by atoms with van der Waals surface area (Å²) in [7, 11) is 0. The predicted octanol–water partition coefficient (Wildman–Crippen LogP) is 2.89. The molecule has 0 radical (unpaired) electrons. The topological polar surface area (TPSA) is 53.1 Å². The Morgan fingerprint density at radius 3 is 2.06 bits per heavy atom. The van der Waals surface area contributed by atoms with Gasteiger partial charge in [0.25, 0.3) is 5.91 Å². The molecule has 31 heavy (non-hydrogen) atoms. The molecule has 0 aromatic heterocycles. The molecule has 4 rings (SSSR count). The van der Waals surface area contributed by atoms with E-state index in [2.05, 4.69) is 17.0 Å². The Bertz CT molecular complexity index is 871. The molecule has 0 unspecified atom stereocenters. The fourth-order valence-corrected chi connectivity index (χ4v) is 4.25. The molecule has 2 fully saturated rings. The van der Waals surface area contributed by atoms with Gasteiger partial charge in [-0.1, -0.05) is 42.5 Å². The standard InChI is InChI=1S/C25H31N3O3/c1-20(31-23-11-9-22(10-12-23)21-7-3-2-4-8-21)25(30)28-17-15-26(16-18-28)19-24(29)27-13-5-6-14-27/h2-4,7-12,20H,5-6,13-19H2,1H3/t20-/m1/s1. The van der Waals surface area contributed by atoms with E-state index in [0.29, 0.717) is 25.4 Å². The van der Waals surface area contributed by atoms with Gasteiger partial charge in [0, 0.05) is 39.3 Å². The van der Waals surface area contributed by atoms with Crippen LogP contribution in [0.2, 0.25) is 0 Å². The van der Waals surface area contributed by atoms with Crippen LogP contribution in [-0.4, -0.2) is 78.4 Å². The van der Waals surface area contributed by atoms with Gasteiger partial charge in [0.1, 0.15) is 5.75 Å². The van der Waals surface area contributed by atoms with Crippen molar-refractivity contribution < 1.29 is 14.3 Å². The maximum absolute atomic E-state index is 12.8. The molecule has 1 atom stereocenters. The summed E-state index contributed by atoms with van der Waals surface area (Å²) in [5, 5.41) is 0. The summed E-state index contributed by atoms with van der Waals surface area (Å²) in [5.41, 5.74) is 2.27. The molecule has 0 bridgehead atoms. The molecule has 2 aliphatic rings. The first-order valence-electron chi connectivity index (χ1n) is 11.2. The van der Waals surface area contributed by atoms with Gasteiger partial charge in [-0.3, -0.25) is 14.5 Å². The van der Waals surface area contributed by atoms with E-state index in [9.17, 15) is 9.59 Å². The Morgan fingerprint density at radius 2 is 1.42 bits per heavy atom. The number of hydrogen-bond donors (Lipinski definition) is 0. The molecule has 6 nitrogen and oxygen atoms in total. The Morgan fingerprint density at radius 1 is 0.806 bits per heavy atom. The van der Waals surface area contributed by atoms with Gasteiger partial charge >= 0.3 is 0 Å². The Labute approximate surface area is 184 Å². The van der Waals surface area contributed by atoms with Crippen LogP contribution in [0.25, 0.3) is 11.1 Å². The Kier molecular flexibility index (Phi) is 6.87. The van der Waals surface area contributed by atoms with Crippen LogP contribution in [-0.2, 0) is 9.59 Å². The second-order valence-corrected chi connectivity index (χ2v) is 8.34. The molecule has 0 N–H and O–H groups in total. The zero-order valence-corrected chi connectivity index (χ0v) is 18.2.